The van der Waals surface area contributed by atoms with Gasteiger partial charge in [0.1, 0.15) is 11.2 Å². The van der Waals surface area contributed by atoms with Gasteiger partial charge >= 0.3 is 23.9 Å². The third-order valence-corrected chi connectivity index (χ3v) is 4.20. The van der Waals surface area contributed by atoms with Gasteiger partial charge < -0.3 is 10.2 Å². The molecule has 2 aromatic carbocycles. The van der Waals surface area contributed by atoms with Crippen molar-refractivity contribution in [2.75, 3.05) is 0 Å². The second-order valence-electron chi connectivity index (χ2n) is 9.54. The Kier molecular flexibility index (Phi) is 8.34. The maximum Gasteiger partial charge on any atom is 0.374 e. The van der Waals surface area contributed by atoms with Gasteiger partial charge in [-0.15, -0.1) is 0 Å². The van der Waals surface area contributed by atoms with Crippen LogP contribution in [0.1, 0.15) is 98.9 Å². The van der Waals surface area contributed by atoms with Crippen LogP contribution in [0.5, 0.6) is 0 Å². The summed E-state index contributed by atoms with van der Waals surface area (Å²) in [7, 11) is 0. The second kappa shape index (κ2) is 10.7. The number of hydrogen-bond donors (Lipinski definition) is 2. The molecule has 2 N–H and O–H groups in total. The molecular weight excluding hydrogens is 476 g/mol. The highest BCUT2D eigenvalue weighted by Gasteiger charge is 2.38. The van der Waals surface area contributed by atoms with E-state index in [4.69, 9.17) is 19.6 Å². The van der Waals surface area contributed by atoms with E-state index < -0.39 is 68.7 Å². The van der Waals surface area contributed by atoms with E-state index in [9.17, 15) is 34.2 Å². The fourth-order valence-corrected chi connectivity index (χ4v) is 2.82. The Bertz CT molecular complexity index is 1200. The zero-order chi connectivity index (χ0) is 27.4. The van der Waals surface area contributed by atoms with Gasteiger partial charge in [-0.25, -0.2) is 19.2 Å². The molecule has 0 bridgehead atoms. The van der Waals surface area contributed by atoms with Crippen molar-refractivity contribution in [3.63, 3.8) is 0 Å². The van der Waals surface area contributed by atoms with Gasteiger partial charge in [-0.1, -0.05) is 30.3 Å². The molecule has 192 valence electrons. The highest BCUT2D eigenvalue weighted by molar-refractivity contribution is 6.22. The first-order valence-electron chi connectivity index (χ1n) is 10.6. The molecule has 0 amide bonds. The number of hydrogen-bond acceptors (Lipinski definition) is 9. The minimum absolute atomic E-state index is 0.0213. The van der Waals surface area contributed by atoms with Gasteiger partial charge in [0.15, 0.2) is 5.78 Å². The zero-order valence-electron chi connectivity index (χ0n) is 20.5. The minimum Gasteiger partial charge on any atom is -0.478 e. The second-order valence-corrected chi connectivity index (χ2v) is 9.54. The van der Waals surface area contributed by atoms with Crippen LogP contribution in [0.25, 0.3) is 0 Å². The quantitative estimate of drug-likeness (QED) is 0.304. The summed E-state index contributed by atoms with van der Waals surface area (Å²) in [6.07, 6.45) is 0. The van der Waals surface area contributed by atoms with E-state index >= 15 is 0 Å². The Balaban J connectivity index is 2.93. The van der Waals surface area contributed by atoms with Gasteiger partial charge in [-0.3, -0.25) is 14.6 Å². The predicted octanol–water partition coefficient (Wildman–Crippen LogP) is 4.09. The van der Waals surface area contributed by atoms with Crippen LogP contribution >= 0.6 is 0 Å². The molecule has 2 aromatic rings. The lowest BCUT2D eigenvalue weighted by molar-refractivity contribution is -0.302. The molecule has 0 aliphatic carbocycles. The summed E-state index contributed by atoms with van der Waals surface area (Å²) in [4.78, 5) is 83.2. The third kappa shape index (κ3) is 6.96. The number of aromatic carboxylic acids is 2. The van der Waals surface area contributed by atoms with E-state index in [0.29, 0.717) is 6.07 Å². The smallest absolute Gasteiger partial charge is 0.374 e. The number of carbonyl (C=O) groups excluding carboxylic acids is 3. The van der Waals surface area contributed by atoms with Crippen molar-refractivity contribution in [2.24, 2.45) is 0 Å². The number of carboxylic acids is 2. The third-order valence-electron chi connectivity index (χ3n) is 4.20. The molecule has 2 rings (SSSR count). The Hall–Kier alpha value is -4.09. The summed E-state index contributed by atoms with van der Waals surface area (Å²) in [5.41, 5.74) is -6.61. The minimum atomic E-state index is -1.88. The van der Waals surface area contributed by atoms with Gasteiger partial charge in [0.2, 0.25) is 0 Å². The fourth-order valence-electron chi connectivity index (χ4n) is 2.82. The average Bonchev–Trinajstić information content (AvgIpc) is 2.78. The fraction of sp³-hybridized carbons (Fsp3) is 0.320. The SMILES string of the molecule is CC(C)(C)OOC(=O)c1c(C(=O)c2ccccc2)cc(C(=O)O)c(C(=O)O)c1C(=O)OOC(C)(C)C. The summed E-state index contributed by atoms with van der Waals surface area (Å²) < 4.78 is 0. The lowest BCUT2D eigenvalue weighted by Gasteiger charge is -2.21. The molecule has 0 saturated heterocycles. The maximum atomic E-state index is 13.3. The topological polar surface area (TPSA) is 163 Å². The van der Waals surface area contributed by atoms with Crippen LogP contribution in [0.3, 0.4) is 0 Å². The highest BCUT2D eigenvalue weighted by atomic mass is 17.2. The van der Waals surface area contributed by atoms with E-state index in [1.54, 1.807) is 26.8 Å². The van der Waals surface area contributed by atoms with Crippen molar-refractivity contribution in [1.29, 1.82) is 0 Å². The molecule has 0 saturated carbocycles. The maximum absolute atomic E-state index is 13.3. The Morgan fingerprint density at radius 2 is 1.11 bits per heavy atom. The number of rotatable bonds is 8. The van der Waals surface area contributed by atoms with Crippen LogP contribution in [-0.4, -0.2) is 51.1 Å². The van der Waals surface area contributed by atoms with Gasteiger partial charge in [-0.2, -0.15) is 9.78 Å². The average molecular weight is 502 g/mol. The lowest BCUT2D eigenvalue weighted by atomic mass is 9.88. The number of ketones is 1. The largest absolute Gasteiger partial charge is 0.478 e. The van der Waals surface area contributed by atoms with E-state index in [0.717, 1.165) is 0 Å². The molecule has 0 unspecified atom stereocenters. The van der Waals surface area contributed by atoms with E-state index in [1.165, 1.54) is 45.0 Å². The van der Waals surface area contributed by atoms with Crippen molar-refractivity contribution in [3.05, 3.63) is 69.8 Å². The predicted molar refractivity (Wildman–Crippen MR) is 123 cm³/mol. The molecule has 0 heterocycles. The van der Waals surface area contributed by atoms with Gasteiger partial charge in [0.25, 0.3) is 0 Å². The number of carbonyl (C=O) groups is 5. The molecule has 0 aliphatic rings. The van der Waals surface area contributed by atoms with Crippen molar-refractivity contribution >= 4 is 29.7 Å². The Morgan fingerprint density at radius 3 is 1.53 bits per heavy atom. The van der Waals surface area contributed by atoms with Crippen molar-refractivity contribution in [3.8, 4) is 0 Å². The molecule has 0 aromatic heterocycles. The monoisotopic (exact) mass is 502 g/mol. The van der Waals surface area contributed by atoms with Gasteiger partial charge in [0, 0.05) is 11.1 Å². The molecule has 0 aliphatic heterocycles. The van der Waals surface area contributed by atoms with E-state index in [1.807, 2.05) is 0 Å². The van der Waals surface area contributed by atoms with Crippen LogP contribution in [-0.2, 0) is 19.6 Å². The van der Waals surface area contributed by atoms with E-state index in [2.05, 4.69) is 0 Å². The molecule has 11 heteroatoms. The number of benzene rings is 2. The zero-order valence-corrected chi connectivity index (χ0v) is 20.5. The summed E-state index contributed by atoms with van der Waals surface area (Å²) in [5, 5.41) is 19.5. The summed E-state index contributed by atoms with van der Waals surface area (Å²) >= 11 is 0. The van der Waals surface area contributed by atoms with Gasteiger partial charge in [-0.05, 0) is 47.6 Å². The molecule has 0 atom stereocenters. The Morgan fingerprint density at radius 1 is 0.639 bits per heavy atom. The van der Waals surface area contributed by atoms with Crippen LogP contribution in [0.15, 0.2) is 36.4 Å². The summed E-state index contributed by atoms with van der Waals surface area (Å²) in [6.45, 7) is 9.17. The van der Waals surface area contributed by atoms with Crippen LogP contribution in [0.2, 0.25) is 0 Å². The first-order valence-corrected chi connectivity index (χ1v) is 10.6. The van der Waals surface area contributed by atoms with E-state index in [-0.39, 0.29) is 5.56 Å². The normalized spacial score (nSPS) is 11.5. The molecule has 0 radical (unpaired) electrons. The first kappa shape index (κ1) is 28.1. The standard InChI is InChI=1S/C25H26O11/c1-24(2,3)35-33-22(31)17-14(19(26)13-10-8-7-9-11-13)12-15(20(27)28)16(21(29)30)18(17)23(32)34-36-25(4,5)6/h7-12H,1-6H3,(H,27,28)(H,29,30). The van der Waals surface area contributed by atoms with Crippen LogP contribution in [0.4, 0.5) is 0 Å². The van der Waals surface area contributed by atoms with Crippen molar-refractivity contribution < 1.29 is 53.7 Å². The molecule has 0 spiro atoms. The summed E-state index contributed by atoms with van der Waals surface area (Å²) in [6, 6.07) is 8.11. The number of carboxylic acid groups (broad SMARTS) is 2. The van der Waals surface area contributed by atoms with Crippen LogP contribution in [0, 0.1) is 0 Å². The van der Waals surface area contributed by atoms with Crippen molar-refractivity contribution in [1.82, 2.24) is 0 Å². The summed E-state index contributed by atoms with van der Waals surface area (Å²) in [5.74, 6) is -7.49. The highest BCUT2D eigenvalue weighted by Crippen LogP contribution is 2.29. The Labute approximate surface area is 206 Å². The molecule has 0 fully saturated rings. The molecule has 36 heavy (non-hydrogen) atoms. The lowest BCUT2D eigenvalue weighted by Crippen LogP contribution is -2.29. The van der Waals surface area contributed by atoms with Crippen molar-refractivity contribution in [2.45, 2.75) is 52.7 Å². The van der Waals surface area contributed by atoms with Gasteiger partial charge in [0.05, 0.1) is 22.3 Å². The van der Waals surface area contributed by atoms with Crippen LogP contribution < -0.4 is 0 Å². The first-order chi connectivity index (χ1) is 16.5. The molecule has 11 nitrogen and oxygen atoms in total. The molecular formula is C25H26O11.